The maximum atomic E-state index is 15.7. The van der Waals surface area contributed by atoms with Crippen molar-refractivity contribution in [1.29, 1.82) is 5.41 Å². The number of ether oxygens (including phenoxy) is 4. The zero-order chi connectivity index (χ0) is 31.4. The minimum Gasteiger partial charge on any atom is -0.504 e. The lowest BCUT2D eigenvalue weighted by atomic mass is 9.94. The molecule has 1 fully saturated rings. The summed E-state index contributed by atoms with van der Waals surface area (Å²) in [7, 11) is 3.16. The van der Waals surface area contributed by atoms with E-state index in [4.69, 9.17) is 30.1 Å². The number of nitrogens with two attached hydrogens (primary N) is 1. The van der Waals surface area contributed by atoms with Crippen molar-refractivity contribution in [3.05, 3.63) is 65.4 Å². The summed E-state index contributed by atoms with van der Waals surface area (Å²) in [4.78, 5) is 23.0. The quantitative estimate of drug-likeness (QED) is 0.127. The summed E-state index contributed by atoms with van der Waals surface area (Å²) >= 11 is 0. The van der Waals surface area contributed by atoms with Gasteiger partial charge in [0.25, 0.3) is 5.88 Å². The van der Waals surface area contributed by atoms with Crippen LogP contribution in [0.25, 0.3) is 0 Å². The van der Waals surface area contributed by atoms with Crippen molar-refractivity contribution < 1.29 is 37.6 Å². The Kier molecular flexibility index (Phi) is 8.83. The number of carbonyl (C=O) groups is 1. The van der Waals surface area contributed by atoms with Gasteiger partial charge in [0, 0.05) is 19.2 Å². The minimum atomic E-state index is -1.27. The van der Waals surface area contributed by atoms with Gasteiger partial charge in [-0.3, -0.25) is 10.4 Å². The molecule has 232 valence electrons. The van der Waals surface area contributed by atoms with Crippen LogP contribution in [0.15, 0.2) is 47.6 Å². The smallest absolute Gasteiger partial charge is 0.350 e. The molecule has 4 N–H and O–H groups in total. The van der Waals surface area contributed by atoms with E-state index < -0.39 is 34.8 Å². The van der Waals surface area contributed by atoms with Gasteiger partial charge in [-0.1, -0.05) is 12.8 Å². The lowest BCUT2D eigenvalue weighted by Gasteiger charge is -2.31. The van der Waals surface area contributed by atoms with Crippen LogP contribution >= 0.6 is 0 Å². The van der Waals surface area contributed by atoms with E-state index >= 15 is 8.78 Å². The van der Waals surface area contributed by atoms with Gasteiger partial charge in [0.1, 0.15) is 23.2 Å². The number of hydrogen-bond donors (Lipinski definition) is 3. The molecular formula is C31H33F2N5O6. The van der Waals surface area contributed by atoms with Gasteiger partial charge in [-0.2, -0.15) is 4.39 Å². The Hall–Kier alpha value is -4.94. The highest BCUT2D eigenvalue weighted by Crippen LogP contribution is 2.40. The normalized spacial score (nSPS) is 16.1. The second-order valence-corrected chi connectivity index (χ2v) is 10.6. The standard InChI is InChI=1S/C31H33F2N5O6/c1-38-14-13-36-28(38)20-16-19(44-31(30(40)41-2)11-5-3-4-6-12-31)8-10-23(20)42-26-21(32)17-37-29(25(26)33)43-24-15-18(27(34)35)7-9-22(24)39/h7-10,15-17,39H,3-6,11-14H2,1-2H3,(H3,34,35). The molecule has 0 bridgehead atoms. The molecule has 1 aromatic heterocycles. The number of methoxy groups -OCH3 is 1. The molecule has 2 aromatic carbocycles. The summed E-state index contributed by atoms with van der Waals surface area (Å²) in [6, 6.07) is 8.51. The van der Waals surface area contributed by atoms with Crippen LogP contribution in [0, 0.1) is 17.0 Å². The molecule has 0 atom stereocenters. The molecule has 0 spiro atoms. The third-order valence-electron chi connectivity index (χ3n) is 7.62. The number of nitrogen functional groups attached to an aromatic ring is 1. The van der Waals surface area contributed by atoms with Crippen LogP contribution in [-0.2, 0) is 9.53 Å². The van der Waals surface area contributed by atoms with E-state index in [9.17, 15) is 9.90 Å². The van der Waals surface area contributed by atoms with E-state index in [0.29, 0.717) is 43.1 Å². The monoisotopic (exact) mass is 609 g/mol. The Morgan fingerprint density at radius 1 is 1.07 bits per heavy atom. The van der Waals surface area contributed by atoms with Crippen LogP contribution in [0.2, 0.25) is 0 Å². The van der Waals surface area contributed by atoms with Crippen LogP contribution in [-0.4, -0.2) is 65.5 Å². The van der Waals surface area contributed by atoms with Gasteiger partial charge in [0.05, 0.1) is 25.4 Å². The van der Waals surface area contributed by atoms with E-state index in [1.54, 1.807) is 12.1 Å². The number of pyridine rings is 1. The van der Waals surface area contributed by atoms with Crippen molar-refractivity contribution in [2.45, 2.75) is 44.1 Å². The molecule has 0 amide bonds. The number of nitrogens with zero attached hydrogens (tertiary/aromatic N) is 3. The first-order chi connectivity index (χ1) is 21.1. The summed E-state index contributed by atoms with van der Waals surface area (Å²) in [6.45, 7) is 1.12. The summed E-state index contributed by atoms with van der Waals surface area (Å²) in [5, 5.41) is 17.8. The number of aliphatic imine (C=N–C) groups is 1. The van der Waals surface area contributed by atoms with Crippen LogP contribution in [0.5, 0.6) is 34.6 Å². The molecule has 2 heterocycles. The molecule has 3 aromatic rings. The first-order valence-corrected chi connectivity index (χ1v) is 14.2. The summed E-state index contributed by atoms with van der Waals surface area (Å²) in [5.74, 6) is -4.31. The van der Waals surface area contributed by atoms with Gasteiger partial charge in [0.2, 0.25) is 17.2 Å². The number of amidine groups is 2. The number of aromatic nitrogens is 1. The van der Waals surface area contributed by atoms with Crippen molar-refractivity contribution in [2.24, 2.45) is 10.7 Å². The SMILES string of the molecule is COC(=O)C1(Oc2ccc(Oc3c(F)cnc(Oc4cc(C(=N)N)ccc4O)c3F)c(C3=NCCN3C)c2)CCCCCC1. The number of rotatable bonds is 9. The maximum Gasteiger partial charge on any atom is 0.350 e. The lowest BCUT2D eigenvalue weighted by Crippen LogP contribution is -2.45. The molecule has 0 radical (unpaired) electrons. The van der Waals surface area contributed by atoms with Gasteiger partial charge in [0.15, 0.2) is 17.3 Å². The highest BCUT2D eigenvalue weighted by molar-refractivity contribution is 6.02. The second kappa shape index (κ2) is 12.7. The zero-order valence-electron chi connectivity index (χ0n) is 24.4. The third kappa shape index (κ3) is 6.21. The Morgan fingerprint density at radius 3 is 2.48 bits per heavy atom. The third-order valence-corrected chi connectivity index (χ3v) is 7.62. The molecule has 1 saturated carbocycles. The van der Waals surface area contributed by atoms with Crippen LogP contribution in [0.3, 0.4) is 0 Å². The number of aromatic hydroxyl groups is 1. The number of hydrogen-bond acceptors (Lipinski definition) is 10. The second-order valence-electron chi connectivity index (χ2n) is 10.6. The number of benzene rings is 2. The van der Waals surface area contributed by atoms with E-state index in [1.807, 2.05) is 11.9 Å². The molecule has 2 aliphatic rings. The maximum absolute atomic E-state index is 15.7. The molecule has 13 heteroatoms. The molecular weight excluding hydrogens is 576 g/mol. The number of esters is 1. The van der Waals surface area contributed by atoms with Gasteiger partial charge in [-0.25, -0.2) is 14.2 Å². The largest absolute Gasteiger partial charge is 0.504 e. The van der Waals surface area contributed by atoms with Gasteiger partial charge >= 0.3 is 5.97 Å². The Morgan fingerprint density at radius 2 is 1.82 bits per heavy atom. The Bertz CT molecular complexity index is 1610. The fraction of sp³-hybridized carbons (Fsp3) is 0.355. The van der Waals surface area contributed by atoms with Gasteiger partial charge in [-0.15, -0.1) is 0 Å². The number of nitrogens with one attached hydrogen (secondary N) is 1. The van der Waals surface area contributed by atoms with Crippen molar-refractivity contribution in [3.63, 3.8) is 0 Å². The average molecular weight is 610 g/mol. The molecule has 1 aliphatic carbocycles. The Labute approximate surface area is 252 Å². The highest BCUT2D eigenvalue weighted by Gasteiger charge is 2.42. The van der Waals surface area contributed by atoms with E-state index in [1.165, 1.54) is 31.4 Å². The summed E-state index contributed by atoms with van der Waals surface area (Å²) in [6.07, 6.45) is 5.30. The average Bonchev–Trinajstić information content (AvgIpc) is 3.29. The number of carbonyl (C=O) groups excluding carboxylic acids is 1. The summed E-state index contributed by atoms with van der Waals surface area (Å²) < 4.78 is 53.4. The zero-order valence-corrected chi connectivity index (χ0v) is 24.4. The van der Waals surface area contributed by atoms with Crippen LogP contribution in [0.1, 0.15) is 49.7 Å². The van der Waals surface area contributed by atoms with E-state index in [-0.39, 0.29) is 28.6 Å². The van der Waals surface area contributed by atoms with Gasteiger partial charge in [-0.05, 0) is 62.1 Å². The predicted molar refractivity (Wildman–Crippen MR) is 157 cm³/mol. The number of phenolic OH excluding ortho intramolecular Hbond substituents is 1. The molecule has 1 aliphatic heterocycles. The van der Waals surface area contributed by atoms with Crippen LogP contribution in [0.4, 0.5) is 8.78 Å². The highest BCUT2D eigenvalue weighted by atomic mass is 19.1. The lowest BCUT2D eigenvalue weighted by molar-refractivity contribution is -0.160. The fourth-order valence-corrected chi connectivity index (χ4v) is 5.29. The van der Waals surface area contributed by atoms with E-state index in [0.717, 1.165) is 31.9 Å². The fourth-order valence-electron chi connectivity index (χ4n) is 5.29. The Balaban J connectivity index is 1.51. The predicted octanol–water partition coefficient (Wildman–Crippen LogP) is 5.27. The molecule has 44 heavy (non-hydrogen) atoms. The minimum absolute atomic E-state index is 0.0641. The molecule has 0 unspecified atom stereocenters. The molecule has 0 saturated heterocycles. The number of phenols is 1. The molecule has 11 nitrogen and oxygen atoms in total. The van der Waals surface area contributed by atoms with Gasteiger partial charge < -0.3 is 34.7 Å². The van der Waals surface area contributed by atoms with Crippen molar-refractivity contribution in [2.75, 3.05) is 27.2 Å². The summed E-state index contributed by atoms with van der Waals surface area (Å²) in [5.41, 5.74) is 4.95. The van der Waals surface area contributed by atoms with E-state index in [2.05, 4.69) is 9.98 Å². The first kappa shape index (κ1) is 30.5. The number of halogens is 2. The molecule has 5 rings (SSSR count). The van der Waals surface area contributed by atoms with Crippen molar-refractivity contribution >= 4 is 17.6 Å². The first-order valence-electron chi connectivity index (χ1n) is 14.2. The number of likely N-dealkylation sites (N-methyl/N-ethyl adjacent to an activating group) is 1. The van der Waals surface area contributed by atoms with Crippen molar-refractivity contribution in [1.82, 2.24) is 9.88 Å². The topological polar surface area (TPSA) is 153 Å². The van der Waals surface area contributed by atoms with Crippen LogP contribution < -0.4 is 19.9 Å². The van der Waals surface area contributed by atoms with Crippen molar-refractivity contribution in [3.8, 4) is 34.6 Å².